The number of hydrogen-bond donors (Lipinski definition) is 1. The number of phenolic OH excluding ortho intramolecular Hbond substituents is 1. The fraction of sp³-hybridized carbons (Fsp3) is 0.375. The normalized spacial score (nSPS) is 18.4. The second-order valence-electron chi connectivity index (χ2n) is 10.9. The molecule has 0 amide bonds. The SMILES string of the molecule is Cc1cc(O)cc2ccccc12.Cc1cc(OC2CCC(C(C)(C)C)CC2)cc2ccccc12. The third kappa shape index (κ3) is 5.73. The quantitative estimate of drug-likeness (QED) is 0.327. The van der Waals surface area contributed by atoms with E-state index in [0.717, 1.165) is 22.6 Å². The summed E-state index contributed by atoms with van der Waals surface area (Å²) in [6.45, 7) is 11.3. The molecule has 1 saturated carbocycles. The second kappa shape index (κ2) is 10.1. The third-order valence-corrected chi connectivity index (χ3v) is 7.30. The van der Waals surface area contributed by atoms with Crippen molar-refractivity contribution in [2.24, 2.45) is 11.3 Å². The molecule has 1 aliphatic carbocycles. The van der Waals surface area contributed by atoms with Gasteiger partial charge in [0.25, 0.3) is 0 Å². The fourth-order valence-electron chi connectivity index (χ4n) is 5.26. The summed E-state index contributed by atoms with van der Waals surface area (Å²) in [5.74, 6) is 2.22. The average molecular weight is 455 g/mol. The first kappa shape index (κ1) is 24.1. The van der Waals surface area contributed by atoms with Crippen molar-refractivity contribution < 1.29 is 9.84 Å². The van der Waals surface area contributed by atoms with Gasteiger partial charge in [0.2, 0.25) is 0 Å². The van der Waals surface area contributed by atoms with Crippen molar-refractivity contribution in [1.29, 1.82) is 0 Å². The molecule has 0 unspecified atom stereocenters. The number of benzene rings is 4. The first-order chi connectivity index (χ1) is 16.2. The zero-order chi connectivity index (χ0) is 24.3. The molecule has 1 fully saturated rings. The lowest BCUT2D eigenvalue weighted by molar-refractivity contribution is 0.0883. The predicted molar refractivity (Wildman–Crippen MR) is 145 cm³/mol. The molecule has 4 aromatic carbocycles. The Morgan fingerprint density at radius 3 is 1.82 bits per heavy atom. The number of aromatic hydroxyl groups is 1. The standard InChI is InChI=1S/C21H28O.C11H10O/c1-15-13-19(14-16-7-5-6-8-20(15)16)22-18-11-9-17(10-12-18)21(2,3)4;1-8-6-10(12)7-9-4-2-3-5-11(8)9/h5-8,13-14,17-18H,9-12H2,1-4H3;2-7,12H,1H3. The zero-order valence-electron chi connectivity index (χ0n) is 21.3. The van der Waals surface area contributed by atoms with Gasteiger partial charge in [0.15, 0.2) is 0 Å². The molecule has 0 saturated heterocycles. The van der Waals surface area contributed by atoms with Gasteiger partial charge in [-0.25, -0.2) is 0 Å². The van der Waals surface area contributed by atoms with Crippen molar-refractivity contribution in [3.05, 3.63) is 83.9 Å². The molecule has 34 heavy (non-hydrogen) atoms. The topological polar surface area (TPSA) is 29.5 Å². The van der Waals surface area contributed by atoms with Gasteiger partial charge >= 0.3 is 0 Å². The minimum Gasteiger partial charge on any atom is -0.508 e. The molecular weight excluding hydrogens is 416 g/mol. The number of aryl methyl sites for hydroxylation is 2. The molecule has 1 N–H and O–H groups in total. The van der Waals surface area contributed by atoms with E-state index in [-0.39, 0.29) is 0 Å². The van der Waals surface area contributed by atoms with E-state index in [1.807, 2.05) is 25.1 Å². The Morgan fingerprint density at radius 1 is 0.706 bits per heavy atom. The number of rotatable bonds is 2. The van der Waals surface area contributed by atoms with Gasteiger partial charge in [0, 0.05) is 0 Å². The lowest BCUT2D eigenvalue weighted by atomic mass is 9.72. The molecular formula is C32H38O2. The van der Waals surface area contributed by atoms with Crippen molar-refractivity contribution in [2.45, 2.75) is 66.4 Å². The lowest BCUT2D eigenvalue weighted by Crippen LogP contribution is -2.30. The number of phenols is 1. The highest BCUT2D eigenvalue weighted by molar-refractivity contribution is 5.87. The van der Waals surface area contributed by atoms with Gasteiger partial charge in [0.1, 0.15) is 11.5 Å². The predicted octanol–water partition coefficient (Wildman–Crippen LogP) is 8.99. The van der Waals surface area contributed by atoms with Crippen LogP contribution >= 0.6 is 0 Å². The molecule has 2 nitrogen and oxygen atoms in total. The fourth-order valence-corrected chi connectivity index (χ4v) is 5.26. The van der Waals surface area contributed by atoms with E-state index in [1.54, 1.807) is 12.1 Å². The maximum Gasteiger partial charge on any atom is 0.120 e. The van der Waals surface area contributed by atoms with E-state index in [4.69, 9.17) is 4.74 Å². The van der Waals surface area contributed by atoms with Crippen LogP contribution < -0.4 is 4.74 Å². The summed E-state index contributed by atoms with van der Waals surface area (Å²) >= 11 is 0. The van der Waals surface area contributed by atoms with Crippen LogP contribution in [0.1, 0.15) is 57.6 Å². The number of hydrogen-bond acceptors (Lipinski definition) is 2. The molecule has 5 rings (SSSR count). The smallest absolute Gasteiger partial charge is 0.120 e. The summed E-state index contributed by atoms with van der Waals surface area (Å²) in [5.41, 5.74) is 2.85. The second-order valence-corrected chi connectivity index (χ2v) is 10.9. The van der Waals surface area contributed by atoms with Gasteiger partial charge in [-0.2, -0.15) is 0 Å². The Hall–Kier alpha value is -3.00. The van der Waals surface area contributed by atoms with Gasteiger partial charge < -0.3 is 9.84 Å². The summed E-state index contributed by atoms with van der Waals surface area (Å²) < 4.78 is 6.31. The summed E-state index contributed by atoms with van der Waals surface area (Å²) in [6, 6.07) is 24.5. The zero-order valence-corrected chi connectivity index (χ0v) is 21.3. The minimum atomic E-state index is 0.339. The van der Waals surface area contributed by atoms with E-state index in [2.05, 4.69) is 70.2 Å². The molecule has 2 heteroatoms. The lowest BCUT2D eigenvalue weighted by Gasteiger charge is -2.37. The maximum atomic E-state index is 9.31. The van der Waals surface area contributed by atoms with Crippen LogP contribution in [0.5, 0.6) is 11.5 Å². The van der Waals surface area contributed by atoms with E-state index in [1.165, 1.54) is 47.4 Å². The molecule has 178 valence electrons. The van der Waals surface area contributed by atoms with E-state index in [9.17, 15) is 5.11 Å². The van der Waals surface area contributed by atoms with E-state index in [0.29, 0.717) is 17.3 Å². The molecule has 0 atom stereocenters. The molecule has 0 heterocycles. The first-order valence-electron chi connectivity index (χ1n) is 12.5. The van der Waals surface area contributed by atoms with Gasteiger partial charge in [-0.3, -0.25) is 0 Å². The Morgan fingerprint density at radius 2 is 1.24 bits per heavy atom. The molecule has 1 aliphatic rings. The van der Waals surface area contributed by atoms with Gasteiger partial charge in [0.05, 0.1) is 6.10 Å². The summed E-state index contributed by atoms with van der Waals surface area (Å²) in [6.07, 6.45) is 5.35. The van der Waals surface area contributed by atoms with Crippen molar-refractivity contribution in [3.63, 3.8) is 0 Å². The van der Waals surface area contributed by atoms with Crippen molar-refractivity contribution in [1.82, 2.24) is 0 Å². The minimum absolute atomic E-state index is 0.339. The highest BCUT2D eigenvalue weighted by Gasteiger charge is 2.30. The Kier molecular flexibility index (Phi) is 7.16. The van der Waals surface area contributed by atoms with E-state index >= 15 is 0 Å². The molecule has 0 aromatic heterocycles. The van der Waals surface area contributed by atoms with Crippen LogP contribution in [0.3, 0.4) is 0 Å². The molecule has 0 aliphatic heterocycles. The number of ether oxygens (including phenoxy) is 1. The Balaban J connectivity index is 0.000000192. The molecule has 0 radical (unpaired) electrons. The van der Waals surface area contributed by atoms with Crippen LogP contribution in [0.4, 0.5) is 0 Å². The van der Waals surface area contributed by atoms with Crippen LogP contribution in [0, 0.1) is 25.2 Å². The molecule has 0 bridgehead atoms. The average Bonchev–Trinajstić information content (AvgIpc) is 2.79. The maximum absolute atomic E-state index is 9.31. The summed E-state index contributed by atoms with van der Waals surface area (Å²) in [5, 5.41) is 14.2. The number of fused-ring (bicyclic) bond motifs is 2. The first-order valence-corrected chi connectivity index (χ1v) is 12.5. The monoisotopic (exact) mass is 454 g/mol. The van der Waals surface area contributed by atoms with Crippen molar-refractivity contribution in [3.8, 4) is 11.5 Å². The Labute approximate surface area is 204 Å². The van der Waals surface area contributed by atoms with Crippen LogP contribution in [-0.4, -0.2) is 11.2 Å². The van der Waals surface area contributed by atoms with Gasteiger partial charge in [-0.1, -0.05) is 69.3 Å². The van der Waals surface area contributed by atoms with Crippen LogP contribution in [0.2, 0.25) is 0 Å². The van der Waals surface area contributed by atoms with Crippen LogP contribution in [-0.2, 0) is 0 Å². The Bertz CT molecular complexity index is 1260. The summed E-state index contributed by atoms with van der Waals surface area (Å²) in [4.78, 5) is 0. The van der Waals surface area contributed by atoms with Crippen molar-refractivity contribution >= 4 is 21.5 Å². The van der Waals surface area contributed by atoms with Crippen LogP contribution in [0.15, 0.2) is 72.8 Å². The largest absolute Gasteiger partial charge is 0.508 e. The molecule has 4 aromatic rings. The highest BCUT2D eigenvalue weighted by atomic mass is 16.5. The van der Waals surface area contributed by atoms with Crippen molar-refractivity contribution in [2.75, 3.05) is 0 Å². The summed E-state index contributed by atoms with van der Waals surface area (Å²) in [7, 11) is 0. The molecule has 0 spiro atoms. The van der Waals surface area contributed by atoms with Crippen LogP contribution in [0.25, 0.3) is 21.5 Å². The highest BCUT2D eigenvalue weighted by Crippen LogP contribution is 2.39. The third-order valence-electron chi connectivity index (χ3n) is 7.30. The van der Waals surface area contributed by atoms with Gasteiger partial charge in [-0.05, 0) is 108 Å². The van der Waals surface area contributed by atoms with Gasteiger partial charge in [-0.15, -0.1) is 0 Å². The van der Waals surface area contributed by atoms with E-state index < -0.39 is 0 Å².